The summed E-state index contributed by atoms with van der Waals surface area (Å²) in [5.41, 5.74) is 0.947. The Kier molecular flexibility index (Phi) is 4.79. The van der Waals surface area contributed by atoms with Crippen molar-refractivity contribution in [2.75, 3.05) is 0 Å². The van der Waals surface area contributed by atoms with Crippen molar-refractivity contribution in [1.82, 2.24) is 0 Å². The average molecular weight is 362 g/mol. The molecule has 3 nitrogen and oxygen atoms in total. The number of hydrogen-bond acceptors (Lipinski definition) is 3. The molecule has 2 aromatic carbocycles. The minimum atomic E-state index is -0.662. The van der Waals surface area contributed by atoms with Crippen molar-refractivity contribution in [3.63, 3.8) is 0 Å². The zero-order chi connectivity index (χ0) is 17.1. The fourth-order valence-electron chi connectivity index (χ4n) is 2.02. The summed E-state index contributed by atoms with van der Waals surface area (Å²) in [6.45, 7) is 0. The Bertz CT molecular complexity index is 866. The largest absolute Gasteiger partial charge is 0.403 e. The molecule has 0 N–H and O–H groups in total. The van der Waals surface area contributed by atoms with Gasteiger partial charge in [-0.3, -0.25) is 0 Å². The molecule has 120 valence electrons. The summed E-state index contributed by atoms with van der Waals surface area (Å²) in [6.07, 6.45) is 4.54. The number of cyclic esters (lactones) is 1. The summed E-state index contributed by atoms with van der Waals surface area (Å²) in [7, 11) is 0. The Morgan fingerprint density at radius 1 is 1.04 bits per heavy atom. The second-order valence-corrected chi connectivity index (χ2v) is 5.73. The van der Waals surface area contributed by atoms with Crippen molar-refractivity contribution in [2.45, 2.75) is 0 Å². The molecule has 0 atom stereocenters. The minimum Gasteiger partial charge on any atom is -0.403 e. The summed E-state index contributed by atoms with van der Waals surface area (Å²) in [6, 6.07) is 11.4. The third kappa shape index (κ3) is 3.72. The number of nitrogens with zero attached hydrogens (tertiary/aromatic N) is 1. The van der Waals surface area contributed by atoms with Gasteiger partial charge in [0.15, 0.2) is 5.70 Å². The molecule has 0 radical (unpaired) electrons. The van der Waals surface area contributed by atoms with Crippen LogP contribution < -0.4 is 0 Å². The lowest BCUT2D eigenvalue weighted by atomic mass is 10.2. The SMILES string of the molecule is O=C1OC(C=Cc2ccc(Cl)cc2)=NC1=Cc1c(F)cccc1Cl. The molecule has 1 aliphatic rings. The van der Waals surface area contributed by atoms with Gasteiger partial charge in [0.2, 0.25) is 5.90 Å². The summed E-state index contributed by atoms with van der Waals surface area (Å²) in [4.78, 5) is 15.9. The fraction of sp³-hybridized carbons (Fsp3) is 0. The van der Waals surface area contributed by atoms with Gasteiger partial charge < -0.3 is 4.74 Å². The molecule has 0 saturated carbocycles. The van der Waals surface area contributed by atoms with Gasteiger partial charge in [-0.05, 0) is 42.0 Å². The zero-order valence-electron chi connectivity index (χ0n) is 12.2. The Balaban J connectivity index is 1.85. The molecule has 6 heteroatoms. The third-order valence-electron chi connectivity index (χ3n) is 3.21. The molecule has 2 aromatic rings. The highest BCUT2D eigenvalue weighted by atomic mass is 35.5. The van der Waals surface area contributed by atoms with Crippen molar-refractivity contribution in [3.05, 3.63) is 81.2 Å². The van der Waals surface area contributed by atoms with E-state index in [4.69, 9.17) is 27.9 Å². The molecule has 1 aliphatic heterocycles. The first kappa shape index (κ1) is 16.4. The highest BCUT2D eigenvalue weighted by Gasteiger charge is 2.22. The average Bonchev–Trinajstić information content (AvgIpc) is 2.90. The van der Waals surface area contributed by atoms with E-state index in [1.54, 1.807) is 24.3 Å². The van der Waals surface area contributed by atoms with E-state index in [2.05, 4.69) is 4.99 Å². The molecule has 0 aliphatic carbocycles. The number of carbonyl (C=O) groups is 1. The van der Waals surface area contributed by atoms with Gasteiger partial charge in [-0.15, -0.1) is 0 Å². The van der Waals surface area contributed by atoms with Crippen molar-refractivity contribution >= 4 is 47.2 Å². The first-order chi connectivity index (χ1) is 11.5. The molecular weight excluding hydrogens is 352 g/mol. The van der Waals surface area contributed by atoms with Gasteiger partial charge in [0.1, 0.15) is 5.82 Å². The molecule has 0 fully saturated rings. The molecule has 3 rings (SSSR count). The van der Waals surface area contributed by atoms with Crippen molar-refractivity contribution in [3.8, 4) is 0 Å². The van der Waals surface area contributed by atoms with Crippen LogP contribution in [-0.2, 0) is 9.53 Å². The lowest BCUT2D eigenvalue weighted by Crippen LogP contribution is -2.01. The Hall–Kier alpha value is -2.43. The lowest BCUT2D eigenvalue weighted by molar-refractivity contribution is -0.129. The lowest BCUT2D eigenvalue weighted by Gasteiger charge is -1.99. The van der Waals surface area contributed by atoms with Crippen LogP contribution in [0.5, 0.6) is 0 Å². The molecule has 0 aromatic heterocycles. The highest BCUT2D eigenvalue weighted by Crippen LogP contribution is 2.24. The maximum Gasteiger partial charge on any atom is 0.363 e. The van der Waals surface area contributed by atoms with Crippen LogP contribution >= 0.6 is 23.2 Å². The van der Waals surface area contributed by atoms with Gasteiger partial charge in [-0.25, -0.2) is 14.2 Å². The quantitative estimate of drug-likeness (QED) is 0.560. The molecule has 1 heterocycles. The van der Waals surface area contributed by atoms with E-state index in [0.717, 1.165) is 5.56 Å². The maximum atomic E-state index is 13.8. The van der Waals surface area contributed by atoms with Crippen LogP contribution in [0.25, 0.3) is 12.2 Å². The monoisotopic (exact) mass is 361 g/mol. The molecule has 0 bridgehead atoms. The normalized spacial score (nSPS) is 15.9. The van der Waals surface area contributed by atoms with Crippen LogP contribution in [0.2, 0.25) is 10.0 Å². The topological polar surface area (TPSA) is 38.7 Å². The predicted molar refractivity (Wildman–Crippen MR) is 93.4 cm³/mol. The van der Waals surface area contributed by atoms with E-state index in [-0.39, 0.29) is 22.2 Å². The number of rotatable bonds is 3. The highest BCUT2D eigenvalue weighted by molar-refractivity contribution is 6.32. The standard InChI is InChI=1S/C18H10Cl2FNO2/c19-12-7-4-11(5-8-12)6-9-17-22-16(18(23)24-17)10-13-14(20)2-1-3-15(13)21/h1-10H. The summed E-state index contributed by atoms with van der Waals surface area (Å²) < 4.78 is 18.8. The molecule has 0 spiro atoms. The van der Waals surface area contributed by atoms with Crippen molar-refractivity contribution < 1.29 is 13.9 Å². The summed E-state index contributed by atoms with van der Waals surface area (Å²) in [5, 5.41) is 0.819. The van der Waals surface area contributed by atoms with Crippen LogP contribution in [0.1, 0.15) is 11.1 Å². The zero-order valence-corrected chi connectivity index (χ0v) is 13.7. The van der Waals surface area contributed by atoms with Crippen LogP contribution in [0.15, 0.2) is 59.2 Å². The molecule has 0 amide bonds. The van der Waals surface area contributed by atoms with Crippen LogP contribution in [0.3, 0.4) is 0 Å². The molecule has 24 heavy (non-hydrogen) atoms. The van der Waals surface area contributed by atoms with E-state index in [1.165, 1.54) is 24.3 Å². The van der Waals surface area contributed by atoms with Crippen molar-refractivity contribution in [2.24, 2.45) is 4.99 Å². The van der Waals surface area contributed by atoms with Crippen LogP contribution in [0, 0.1) is 5.82 Å². The number of ether oxygens (including phenoxy) is 1. The Labute approximate surface area is 147 Å². The van der Waals surface area contributed by atoms with E-state index in [1.807, 2.05) is 12.1 Å². The van der Waals surface area contributed by atoms with Gasteiger partial charge in [-0.1, -0.05) is 41.4 Å². The van der Waals surface area contributed by atoms with E-state index < -0.39 is 11.8 Å². The van der Waals surface area contributed by atoms with Gasteiger partial charge in [0, 0.05) is 16.7 Å². The van der Waals surface area contributed by atoms with Crippen LogP contribution in [0.4, 0.5) is 4.39 Å². The molecular formula is C18H10Cl2FNO2. The van der Waals surface area contributed by atoms with Crippen molar-refractivity contribution in [1.29, 1.82) is 0 Å². The summed E-state index contributed by atoms with van der Waals surface area (Å²) in [5.74, 6) is -1.08. The minimum absolute atomic E-state index is 0.0160. The molecule has 0 saturated heterocycles. The number of carbonyl (C=O) groups excluding carboxylic acids is 1. The first-order valence-corrected chi connectivity index (χ1v) is 7.69. The van der Waals surface area contributed by atoms with Gasteiger partial charge in [0.25, 0.3) is 0 Å². The summed E-state index contributed by atoms with van der Waals surface area (Å²) >= 11 is 11.7. The predicted octanol–water partition coefficient (Wildman–Crippen LogP) is 5.14. The van der Waals surface area contributed by atoms with E-state index >= 15 is 0 Å². The second-order valence-electron chi connectivity index (χ2n) is 4.89. The Morgan fingerprint density at radius 2 is 1.79 bits per heavy atom. The van der Waals surface area contributed by atoms with Gasteiger partial charge in [-0.2, -0.15) is 0 Å². The van der Waals surface area contributed by atoms with Gasteiger partial charge >= 0.3 is 5.97 Å². The van der Waals surface area contributed by atoms with E-state index in [9.17, 15) is 9.18 Å². The number of benzene rings is 2. The number of halogens is 3. The Morgan fingerprint density at radius 3 is 2.50 bits per heavy atom. The van der Waals surface area contributed by atoms with Crippen LogP contribution in [-0.4, -0.2) is 11.9 Å². The first-order valence-electron chi connectivity index (χ1n) is 6.93. The molecule has 0 unspecified atom stereocenters. The maximum absolute atomic E-state index is 13.8. The fourth-order valence-corrected chi connectivity index (χ4v) is 2.37. The second kappa shape index (κ2) is 6.99. The third-order valence-corrected chi connectivity index (χ3v) is 3.79. The van der Waals surface area contributed by atoms with Gasteiger partial charge in [0.05, 0.1) is 5.02 Å². The van der Waals surface area contributed by atoms with E-state index in [0.29, 0.717) is 5.02 Å². The number of hydrogen-bond donors (Lipinski definition) is 0. The number of esters is 1. The number of aliphatic imine (C=N–C) groups is 1. The smallest absolute Gasteiger partial charge is 0.363 e.